The first kappa shape index (κ1) is 11.2. The molecule has 0 saturated heterocycles. The van der Waals surface area contributed by atoms with Gasteiger partial charge in [0.25, 0.3) is 0 Å². The third-order valence-electron chi connectivity index (χ3n) is 1.62. The summed E-state index contributed by atoms with van der Waals surface area (Å²) in [5.41, 5.74) is 5.25. The summed E-state index contributed by atoms with van der Waals surface area (Å²) in [5.74, 6) is -1.95. The Labute approximate surface area is 97.9 Å². The number of hydrogen-bond acceptors (Lipinski definition) is 6. The van der Waals surface area contributed by atoms with E-state index in [1.807, 2.05) is 0 Å². The number of aromatic nitrogens is 3. The fourth-order valence-electron chi connectivity index (χ4n) is 0.937. The standard InChI is InChI=1S/C8H6F2N4S2/c1-3-13-14-8(15-3)16-7-5(10)2-4(9)6(11)12-7/h2H,1H3,(H2,11,12). The zero-order chi connectivity index (χ0) is 11.7. The van der Waals surface area contributed by atoms with Gasteiger partial charge >= 0.3 is 0 Å². The highest BCUT2D eigenvalue weighted by molar-refractivity contribution is 8.01. The molecule has 2 aromatic rings. The SMILES string of the molecule is Cc1nnc(Sc2nc(N)c(F)cc2F)s1. The molecule has 2 rings (SSSR count). The van der Waals surface area contributed by atoms with E-state index in [4.69, 9.17) is 5.73 Å². The molecular formula is C8H6F2N4S2. The molecule has 0 radical (unpaired) electrons. The summed E-state index contributed by atoms with van der Waals surface area (Å²) in [6, 6.07) is 0.707. The third kappa shape index (κ3) is 2.27. The predicted molar refractivity (Wildman–Crippen MR) is 57.3 cm³/mol. The van der Waals surface area contributed by atoms with Crippen LogP contribution >= 0.6 is 23.1 Å². The molecule has 0 unspecified atom stereocenters. The Hall–Kier alpha value is -1.28. The van der Waals surface area contributed by atoms with Crippen LogP contribution in [0.2, 0.25) is 0 Å². The van der Waals surface area contributed by atoms with E-state index < -0.39 is 11.6 Å². The molecule has 0 fully saturated rings. The lowest BCUT2D eigenvalue weighted by Gasteiger charge is -2.01. The average molecular weight is 260 g/mol. The van der Waals surface area contributed by atoms with Crippen LogP contribution in [0.5, 0.6) is 0 Å². The zero-order valence-electron chi connectivity index (χ0n) is 8.07. The van der Waals surface area contributed by atoms with Gasteiger partial charge in [-0.15, -0.1) is 10.2 Å². The molecule has 0 saturated carbocycles. The van der Waals surface area contributed by atoms with E-state index in [9.17, 15) is 8.78 Å². The van der Waals surface area contributed by atoms with Gasteiger partial charge in [-0.2, -0.15) is 0 Å². The molecule has 84 valence electrons. The summed E-state index contributed by atoms with van der Waals surface area (Å²) < 4.78 is 26.7. The summed E-state index contributed by atoms with van der Waals surface area (Å²) in [6.07, 6.45) is 0. The monoisotopic (exact) mass is 260 g/mol. The zero-order valence-corrected chi connectivity index (χ0v) is 9.70. The number of hydrogen-bond donors (Lipinski definition) is 1. The van der Waals surface area contributed by atoms with Gasteiger partial charge in [0.1, 0.15) is 10.0 Å². The first-order valence-electron chi connectivity index (χ1n) is 4.15. The lowest BCUT2D eigenvalue weighted by molar-refractivity contribution is 0.552. The number of anilines is 1. The van der Waals surface area contributed by atoms with Crippen molar-refractivity contribution in [1.29, 1.82) is 0 Å². The van der Waals surface area contributed by atoms with Crippen LogP contribution < -0.4 is 5.73 Å². The highest BCUT2D eigenvalue weighted by Crippen LogP contribution is 2.31. The summed E-state index contributed by atoms with van der Waals surface area (Å²) >= 11 is 2.27. The van der Waals surface area contributed by atoms with Crippen LogP contribution in [0.15, 0.2) is 15.4 Å². The summed E-state index contributed by atoms with van der Waals surface area (Å²) in [6.45, 7) is 1.78. The maximum absolute atomic E-state index is 13.3. The first-order chi connectivity index (χ1) is 7.56. The number of nitrogens with two attached hydrogens (primary N) is 1. The van der Waals surface area contributed by atoms with E-state index in [0.717, 1.165) is 16.8 Å². The van der Waals surface area contributed by atoms with Gasteiger partial charge < -0.3 is 5.73 Å². The Morgan fingerprint density at radius 3 is 2.69 bits per heavy atom. The van der Waals surface area contributed by atoms with Crippen molar-refractivity contribution in [1.82, 2.24) is 15.2 Å². The second-order valence-electron chi connectivity index (χ2n) is 2.83. The minimum atomic E-state index is -0.865. The molecule has 2 heterocycles. The topological polar surface area (TPSA) is 64.7 Å². The van der Waals surface area contributed by atoms with E-state index in [0.29, 0.717) is 10.4 Å². The van der Waals surface area contributed by atoms with Gasteiger partial charge in [0.2, 0.25) is 0 Å². The molecule has 2 N–H and O–H groups in total. The van der Waals surface area contributed by atoms with Crippen LogP contribution in [-0.4, -0.2) is 15.2 Å². The van der Waals surface area contributed by atoms with Gasteiger partial charge in [-0.3, -0.25) is 0 Å². The third-order valence-corrected chi connectivity index (χ3v) is 3.49. The minimum Gasteiger partial charge on any atom is -0.381 e. The molecule has 8 heteroatoms. The Bertz CT molecular complexity index is 529. The molecule has 16 heavy (non-hydrogen) atoms. The number of nitrogens with zero attached hydrogens (tertiary/aromatic N) is 3. The normalized spacial score (nSPS) is 10.7. The highest BCUT2D eigenvalue weighted by atomic mass is 32.2. The van der Waals surface area contributed by atoms with Gasteiger partial charge in [0.15, 0.2) is 21.8 Å². The quantitative estimate of drug-likeness (QED) is 0.897. The summed E-state index contributed by atoms with van der Waals surface area (Å²) in [4.78, 5) is 3.61. The van der Waals surface area contributed by atoms with E-state index >= 15 is 0 Å². The van der Waals surface area contributed by atoms with Crippen molar-refractivity contribution >= 4 is 28.9 Å². The molecule has 4 nitrogen and oxygen atoms in total. The van der Waals surface area contributed by atoms with Crippen molar-refractivity contribution in [3.63, 3.8) is 0 Å². The number of nitrogen functional groups attached to an aromatic ring is 1. The second-order valence-corrected chi connectivity index (χ2v) is 5.25. The number of aryl methyl sites for hydroxylation is 1. The van der Waals surface area contributed by atoms with Gasteiger partial charge in [-0.05, 0) is 18.7 Å². The Kier molecular flexibility index (Phi) is 3.01. The molecule has 0 aliphatic carbocycles. The van der Waals surface area contributed by atoms with Gasteiger partial charge in [-0.25, -0.2) is 13.8 Å². The molecule has 2 aromatic heterocycles. The maximum Gasteiger partial charge on any atom is 0.180 e. The molecule has 0 aliphatic heterocycles. The van der Waals surface area contributed by atoms with E-state index in [-0.39, 0.29) is 10.8 Å². The predicted octanol–water partition coefficient (Wildman–Crippen LogP) is 2.25. The van der Waals surface area contributed by atoms with Gasteiger partial charge in [0, 0.05) is 6.07 Å². The average Bonchev–Trinajstić information content (AvgIpc) is 2.60. The fraction of sp³-hybridized carbons (Fsp3) is 0.125. The first-order valence-corrected chi connectivity index (χ1v) is 5.79. The van der Waals surface area contributed by atoms with Crippen LogP contribution in [0.4, 0.5) is 14.6 Å². The lowest BCUT2D eigenvalue weighted by Crippen LogP contribution is -1.98. The lowest BCUT2D eigenvalue weighted by atomic mass is 10.4. The fourth-order valence-corrected chi connectivity index (χ4v) is 2.67. The van der Waals surface area contributed by atoms with Crippen LogP contribution in [0.3, 0.4) is 0 Å². The summed E-state index contributed by atoms with van der Waals surface area (Å²) in [7, 11) is 0. The Balaban J connectivity index is 2.31. The van der Waals surface area contributed by atoms with Crippen molar-refractivity contribution in [3.8, 4) is 0 Å². The molecule has 0 aliphatic rings. The molecule has 0 bridgehead atoms. The van der Waals surface area contributed by atoms with Crippen molar-refractivity contribution in [2.45, 2.75) is 16.3 Å². The van der Waals surface area contributed by atoms with Crippen LogP contribution in [0, 0.1) is 18.6 Å². The van der Waals surface area contributed by atoms with Crippen molar-refractivity contribution < 1.29 is 8.78 Å². The highest BCUT2D eigenvalue weighted by Gasteiger charge is 2.13. The number of halogens is 2. The Morgan fingerprint density at radius 1 is 1.31 bits per heavy atom. The minimum absolute atomic E-state index is 0.00458. The second kappa shape index (κ2) is 4.30. The molecule has 0 atom stereocenters. The van der Waals surface area contributed by atoms with Crippen molar-refractivity contribution in [2.75, 3.05) is 5.73 Å². The van der Waals surface area contributed by atoms with E-state index in [1.54, 1.807) is 6.92 Å². The molecule has 0 aromatic carbocycles. The van der Waals surface area contributed by atoms with Gasteiger partial charge in [0.05, 0.1) is 0 Å². The Morgan fingerprint density at radius 2 is 2.06 bits per heavy atom. The smallest absolute Gasteiger partial charge is 0.180 e. The molecule has 0 spiro atoms. The molecular weight excluding hydrogens is 254 g/mol. The number of pyridine rings is 1. The van der Waals surface area contributed by atoms with Crippen LogP contribution in [0.1, 0.15) is 5.01 Å². The molecule has 0 amide bonds. The maximum atomic E-state index is 13.3. The van der Waals surface area contributed by atoms with E-state index in [1.165, 1.54) is 11.3 Å². The van der Waals surface area contributed by atoms with Crippen molar-refractivity contribution in [3.05, 3.63) is 22.7 Å². The van der Waals surface area contributed by atoms with Crippen LogP contribution in [-0.2, 0) is 0 Å². The van der Waals surface area contributed by atoms with Gasteiger partial charge in [-0.1, -0.05) is 11.3 Å². The number of rotatable bonds is 2. The van der Waals surface area contributed by atoms with E-state index in [2.05, 4.69) is 15.2 Å². The van der Waals surface area contributed by atoms with Crippen LogP contribution in [0.25, 0.3) is 0 Å². The largest absolute Gasteiger partial charge is 0.381 e. The summed E-state index contributed by atoms with van der Waals surface area (Å²) in [5, 5.41) is 8.33. The van der Waals surface area contributed by atoms with Crippen molar-refractivity contribution in [2.24, 2.45) is 0 Å².